The molecule has 1 fully saturated rings. The Bertz CT molecular complexity index is 1090. The lowest BCUT2D eigenvalue weighted by Crippen LogP contribution is -2.36. The Kier molecular flexibility index (Phi) is 6.95. The van der Waals surface area contributed by atoms with Crippen LogP contribution in [0.4, 0.5) is 0 Å². The summed E-state index contributed by atoms with van der Waals surface area (Å²) in [5.41, 5.74) is 4.31. The normalized spacial score (nSPS) is 14.8. The zero-order chi connectivity index (χ0) is 21.5. The van der Waals surface area contributed by atoms with Crippen LogP contribution in [0.3, 0.4) is 0 Å². The predicted molar refractivity (Wildman–Crippen MR) is 120 cm³/mol. The second-order valence-electron chi connectivity index (χ2n) is 7.35. The lowest BCUT2D eigenvalue weighted by Gasteiger charge is -2.25. The maximum atomic E-state index is 9.56. The second-order valence-corrected chi connectivity index (χ2v) is 7.35. The zero-order valence-electron chi connectivity index (χ0n) is 17.6. The van der Waals surface area contributed by atoms with Gasteiger partial charge in [0.05, 0.1) is 25.4 Å². The first-order valence-corrected chi connectivity index (χ1v) is 10.4. The topological polar surface area (TPSA) is 83.4 Å². The highest BCUT2D eigenvalue weighted by molar-refractivity contribution is 5.95. The Morgan fingerprint density at radius 1 is 1.26 bits per heavy atom. The fourth-order valence-corrected chi connectivity index (χ4v) is 3.62. The number of pyridine rings is 1. The van der Waals surface area contributed by atoms with Gasteiger partial charge in [0.25, 0.3) is 0 Å². The van der Waals surface area contributed by atoms with Crippen LogP contribution in [-0.4, -0.2) is 68.0 Å². The predicted octanol–water partition coefficient (Wildman–Crippen LogP) is 3.47. The van der Waals surface area contributed by atoms with E-state index in [-0.39, 0.29) is 0 Å². The SMILES string of the molecule is COCCOc1ccc(-c2c[nH]c3ncc(/C=C/CN4CCOCC4)cc23)cc1C#N. The summed E-state index contributed by atoms with van der Waals surface area (Å²) in [7, 11) is 1.62. The molecular formula is C24H26N4O3. The fourth-order valence-electron chi connectivity index (χ4n) is 3.62. The van der Waals surface area contributed by atoms with Gasteiger partial charge in [-0.2, -0.15) is 5.26 Å². The number of hydrogen-bond donors (Lipinski definition) is 1. The van der Waals surface area contributed by atoms with Crippen molar-refractivity contribution in [2.75, 3.05) is 53.2 Å². The number of rotatable bonds is 8. The summed E-state index contributed by atoms with van der Waals surface area (Å²) in [5.74, 6) is 0.563. The van der Waals surface area contributed by atoms with Crippen LogP contribution in [0.25, 0.3) is 28.2 Å². The van der Waals surface area contributed by atoms with E-state index in [4.69, 9.17) is 14.2 Å². The van der Waals surface area contributed by atoms with Gasteiger partial charge in [0.15, 0.2) is 0 Å². The van der Waals surface area contributed by atoms with E-state index in [9.17, 15) is 5.26 Å². The molecule has 1 saturated heterocycles. The zero-order valence-corrected chi connectivity index (χ0v) is 17.6. The summed E-state index contributed by atoms with van der Waals surface area (Å²) in [4.78, 5) is 10.2. The monoisotopic (exact) mass is 418 g/mol. The van der Waals surface area contributed by atoms with Crippen LogP contribution in [0.5, 0.6) is 5.75 Å². The standard InChI is InChI=1S/C24H26N4O3/c1-29-11-12-31-23-5-4-19(14-20(23)15-25)22-17-27-24-21(22)13-18(16-26-24)3-2-6-28-7-9-30-10-8-28/h2-5,13-14,16-17H,6-12H2,1H3,(H,26,27)/b3-2+. The van der Waals surface area contributed by atoms with Gasteiger partial charge in [0.1, 0.15) is 24.1 Å². The first-order chi connectivity index (χ1) is 15.3. The molecule has 0 amide bonds. The summed E-state index contributed by atoms with van der Waals surface area (Å²) in [5, 5.41) is 10.6. The maximum Gasteiger partial charge on any atom is 0.137 e. The summed E-state index contributed by atoms with van der Waals surface area (Å²) in [6.07, 6.45) is 8.07. The molecule has 0 unspecified atom stereocenters. The Hall–Kier alpha value is -3.18. The molecule has 3 aromatic rings. The highest BCUT2D eigenvalue weighted by atomic mass is 16.5. The highest BCUT2D eigenvalue weighted by Gasteiger charge is 2.12. The van der Waals surface area contributed by atoms with E-state index in [0.29, 0.717) is 24.5 Å². The number of H-pyrrole nitrogens is 1. The number of aromatic nitrogens is 2. The average molecular weight is 418 g/mol. The summed E-state index contributed by atoms with van der Waals surface area (Å²) < 4.78 is 16.1. The third kappa shape index (κ3) is 5.12. The minimum Gasteiger partial charge on any atom is -0.490 e. The van der Waals surface area contributed by atoms with Crippen molar-refractivity contribution < 1.29 is 14.2 Å². The van der Waals surface area contributed by atoms with Crippen molar-refractivity contribution in [2.45, 2.75) is 0 Å². The van der Waals surface area contributed by atoms with Gasteiger partial charge in [-0.1, -0.05) is 18.2 Å². The van der Waals surface area contributed by atoms with Gasteiger partial charge < -0.3 is 19.2 Å². The van der Waals surface area contributed by atoms with E-state index in [1.165, 1.54) is 0 Å². The first-order valence-electron chi connectivity index (χ1n) is 10.4. The first kappa shape index (κ1) is 21.1. The largest absolute Gasteiger partial charge is 0.490 e. The van der Waals surface area contributed by atoms with E-state index in [1.807, 2.05) is 30.6 Å². The number of nitrogens with zero attached hydrogens (tertiary/aromatic N) is 3. The quantitative estimate of drug-likeness (QED) is 0.564. The lowest BCUT2D eigenvalue weighted by atomic mass is 10.0. The number of aromatic amines is 1. The molecule has 1 N–H and O–H groups in total. The molecule has 31 heavy (non-hydrogen) atoms. The Morgan fingerprint density at radius 2 is 2.13 bits per heavy atom. The third-order valence-corrected chi connectivity index (χ3v) is 5.29. The molecule has 4 rings (SSSR count). The number of nitriles is 1. The molecule has 0 saturated carbocycles. The molecule has 160 valence electrons. The molecule has 0 bridgehead atoms. The van der Waals surface area contributed by atoms with Crippen LogP contribution in [0.15, 0.2) is 42.7 Å². The minimum absolute atomic E-state index is 0.404. The number of hydrogen-bond acceptors (Lipinski definition) is 6. The van der Waals surface area contributed by atoms with Crippen LogP contribution in [0, 0.1) is 11.3 Å². The van der Waals surface area contributed by atoms with Crippen LogP contribution >= 0.6 is 0 Å². The fraction of sp³-hybridized carbons (Fsp3) is 0.333. The molecule has 0 atom stereocenters. The average Bonchev–Trinajstić information content (AvgIpc) is 3.23. The van der Waals surface area contributed by atoms with Crippen LogP contribution < -0.4 is 4.74 Å². The van der Waals surface area contributed by atoms with Gasteiger partial charge in [0.2, 0.25) is 0 Å². The number of nitrogens with one attached hydrogen (secondary N) is 1. The Labute approximate surface area is 181 Å². The molecule has 7 heteroatoms. The molecule has 7 nitrogen and oxygen atoms in total. The van der Waals surface area contributed by atoms with Gasteiger partial charge >= 0.3 is 0 Å². The Balaban J connectivity index is 1.55. The second kappa shape index (κ2) is 10.2. The van der Waals surface area contributed by atoms with Crippen molar-refractivity contribution in [3.05, 3.63) is 53.9 Å². The summed E-state index contributed by atoms with van der Waals surface area (Å²) in [6, 6.07) is 10.0. The summed E-state index contributed by atoms with van der Waals surface area (Å²) in [6.45, 7) is 5.32. The molecule has 1 aliphatic heterocycles. The van der Waals surface area contributed by atoms with E-state index in [2.05, 4.69) is 39.2 Å². The number of benzene rings is 1. The van der Waals surface area contributed by atoms with Crippen molar-refractivity contribution in [3.63, 3.8) is 0 Å². The Morgan fingerprint density at radius 3 is 2.94 bits per heavy atom. The number of morpholine rings is 1. The van der Waals surface area contributed by atoms with Crippen LogP contribution in [0.2, 0.25) is 0 Å². The van der Waals surface area contributed by atoms with Gasteiger partial charge in [0, 0.05) is 50.1 Å². The van der Waals surface area contributed by atoms with Crippen LogP contribution in [0.1, 0.15) is 11.1 Å². The molecule has 0 spiro atoms. The minimum atomic E-state index is 0.404. The van der Waals surface area contributed by atoms with E-state index in [1.54, 1.807) is 7.11 Å². The molecule has 3 heterocycles. The van der Waals surface area contributed by atoms with Crippen molar-refractivity contribution >= 4 is 17.1 Å². The van der Waals surface area contributed by atoms with Gasteiger partial charge in [-0.3, -0.25) is 4.90 Å². The van der Waals surface area contributed by atoms with E-state index < -0.39 is 0 Å². The molecule has 0 aliphatic carbocycles. The highest BCUT2D eigenvalue weighted by Crippen LogP contribution is 2.31. The van der Waals surface area contributed by atoms with Gasteiger partial charge in [-0.15, -0.1) is 0 Å². The van der Waals surface area contributed by atoms with E-state index in [0.717, 1.165) is 60.6 Å². The summed E-state index contributed by atoms with van der Waals surface area (Å²) >= 11 is 0. The third-order valence-electron chi connectivity index (χ3n) is 5.29. The van der Waals surface area contributed by atoms with Crippen molar-refractivity contribution in [1.29, 1.82) is 5.26 Å². The van der Waals surface area contributed by atoms with Gasteiger partial charge in [-0.05, 0) is 29.3 Å². The molecule has 0 radical (unpaired) electrons. The number of fused-ring (bicyclic) bond motifs is 1. The van der Waals surface area contributed by atoms with Crippen molar-refractivity contribution in [1.82, 2.24) is 14.9 Å². The number of methoxy groups -OCH3 is 1. The van der Waals surface area contributed by atoms with E-state index >= 15 is 0 Å². The smallest absolute Gasteiger partial charge is 0.137 e. The molecular weight excluding hydrogens is 392 g/mol. The maximum absolute atomic E-state index is 9.56. The van der Waals surface area contributed by atoms with Crippen molar-refractivity contribution in [3.8, 4) is 22.9 Å². The molecule has 1 aliphatic rings. The molecule has 2 aromatic heterocycles. The number of ether oxygens (including phenoxy) is 3. The molecule has 1 aromatic carbocycles. The lowest BCUT2D eigenvalue weighted by molar-refractivity contribution is 0.0435. The van der Waals surface area contributed by atoms with Gasteiger partial charge in [-0.25, -0.2) is 4.98 Å². The van der Waals surface area contributed by atoms with Crippen molar-refractivity contribution in [2.24, 2.45) is 0 Å². The van der Waals surface area contributed by atoms with Crippen LogP contribution in [-0.2, 0) is 9.47 Å².